The molecule has 0 aliphatic heterocycles. The quantitative estimate of drug-likeness (QED) is 0.756. The van der Waals surface area contributed by atoms with Crippen LogP contribution in [0.15, 0.2) is 23.6 Å². The molecule has 1 rings (SSSR count). The van der Waals surface area contributed by atoms with E-state index < -0.39 is 0 Å². The maximum absolute atomic E-state index is 13.5. The van der Waals surface area contributed by atoms with Crippen molar-refractivity contribution in [1.82, 2.24) is 0 Å². The van der Waals surface area contributed by atoms with Gasteiger partial charge in [0, 0.05) is 11.5 Å². The molecule has 0 radical (unpaired) electrons. The van der Waals surface area contributed by atoms with Crippen LogP contribution in [-0.2, 0) is 0 Å². The van der Waals surface area contributed by atoms with Crippen molar-refractivity contribution in [2.45, 2.75) is 46.1 Å². The topological polar surface area (TPSA) is 26.0 Å². The first-order valence-corrected chi connectivity index (χ1v) is 5.64. The van der Waals surface area contributed by atoms with Crippen LogP contribution < -0.4 is 5.73 Å². The lowest BCUT2D eigenvalue weighted by molar-refractivity contribution is 0.332. The lowest BCUT2D eigenvalue weighted by Crippen LogP contribution is -2.32. The summed E-state index contributed by atoms with van der Waals surface area (Å²) >= 11 is 0. The van der Waals surface area contributed by atoms with Crippen molar-refractivity contribution in [3.05, 3.63) is 23.6 Å². The van der Waals surface area contributed by atoms with E-state index in [-0.39, 0.29) is 17.3 Å². The predicted molar refractivity (Wildman–Crippen MR) is 63.1 cm³/mol. The molecule has 0 bridgehead atoms. The van der Waals surface area contributed by atoms with Gasteiger partial charge in [0.1, 0.15) is 5.83 Å². The summed E-state index contributed by atoms with van der Waals surface area (Å²) in [5, 5.41) is 0. The van der Waals surface area contributed by atoms with E-state index in [0.717, 1.165) is 18.4 Å². The van der Waals surface area contributed by atoms with Crippen LogP contribution in [0, 0.1) is 11.8 Å². The first kappa shape index (κ1) is 12.4. The van der Waals surface area contributed by atoms with Crippen molar-refractivity contribution in [2.24, 2.45) is 17.6 Å². The van der Waals surface area contributed by atoms with Gasteiger partial charge in [-0.2, -0.15) is 0 Å². The summed E-state index contributed by atoms with van der Waals surface area (Å²) in [5.41, 5.74) is 6.91. The summed E-state index contributed by atoms with van der Waals surface area (Å²) in [6, 6.07) is 0. The van der Waals surface area contributed by atoms with E-state index in [1.54, 1.807) is 6.08 Å². The number of hydrogen-bond acceptors (Lipinski definition) is 1. The van der Waals surface area contributed by atoms with Crippen LogP contribution in [-0.4, -0.2) is 5.54 Å². The Balaban J connectivity index is 2.51. The lowest BCUT2D eigenvalue weighted by Gasteiger charge is -2.25. The van der Waals surface area contributed by atoms with E-state index >= 15 is 0 Å². The average Bonchev–Trinajstić information content (AvgIpc) is 2.41. The fourth-order valence-corrected chi connectivity index (χ4v) is 2.12. The second kappa shape index (κ2) is 4.48. The number of hydrogen-bond donors (Lipinski definition) is 1. The summed E-state index contributed by atoms with van der Waals surface area (Å²) in [6.07, 6.45) is 5.38. The Kier molecular flexibility index (Phi) is 3.72. The lowest BCUT2D eigenvalue weighted by atomic mass is 9.83. The molecule has 0 aromatic rings. The van der Waals surface area contributed by atoms with Gasteiger partial charge in [0.25, 0.3) is 0 Å². The molecule has 0 aromatic carbocycles. The third-order valence-electron chi connectivity index (χ3n) is 3.11. The zero-order valence-corrected chi connectivity index (χ0v) is 10.2. The van der Waals surface area contributed by atoms with Crippen LogP contribution in [0.2, 0.25) is 0 Å². The molecule has 2 atom stereocenters. The van der Waals surface area contributed by atoms with Crippen molar-refractivity contribution >= 4 is 0 Å². The Morgan fingerprint density at radius 3 is 2.47 bits per heavy atom. The van der Waals surface area contributed by atoms with Gasteiger partial charge in [-0.25, -0.2) is 4.39 Å². The molecule has 0 fully saturated rings. The van der Waals surface area contributed by atoms with Crippen molar-refractivity contribution < 1.29 is 4.39 Å². The van der Waals surface area contributed by atoms with Crippen LogP contribution in [0.3, 0.4) is 0 Å². The van der Waals surface area contributed by atoms with Crippen LogP contribution in [0.5, 0.6) is 0 Å². The molecule has 1 aliphatic rings. The van der Waals surface area contributed by atoms with E-state index in [9.17, 15) is 4.39 Å². The minimum absolute atomic E-state index is 0.00708. The van der Waals surface area contributed by atoms with Gasteiger partial charge in [0.15, 0.2) is 0 Å². The fraction of sp³-hybridized carbons (Fsp3) is 0.692. The van der Waals surface area contributed by atoms with E-state index in [0.29, 0.717) is 5.92 Å². The van der Waals surface area contributed by atoms with Crippen LogP contribution in [0.1, 0.15) is 40.5 Å². The molecule has 2 N–H and O–H groups in total. The molecule has 1 nitrogen and oxygen atoms in total. The van der Waals surface area contributed by atoms with Gasteiger partial charge in [-0.3, -0.25) is 0 Å². The van der Waals surface area contributed by atoms with Gasteiger partial charge < -0.3 is 5.73 Å². The van der Waals surface area contributed by atoms with E-state index in [1.807, 2.05) is 26.8 Å². The molecule has 0 aromatic heterocycles. The molecule has 0 saturated carbocycles. The predicted octanol–water partition coefficient (Wildman–Crippen LogP) is 3.57. The largest absolute Gasteiger partial charge is 0.326 e. The van der Waals surface area contributed by atoms with Crippen LogP contribution in [0.25, 0.3) is 0 Å². The number of halogens is 1. The van der Waals surface area contributed by atoms with E-state index in [2.05, 4.69) is 6.92 Å². The molecule has 86 valence electrons. The maximum Gasteiger partial charge on any atom is 0.107 e. The van der Waals surface area contributed by atoms with Crippen molar-refractivity contribution in [1.29, 1.82) is 0 Å². The molecule has 2 unspecified atom stereocenters. The summed E-state index contributed by atoms with van der Waals surface area (Å²) in [7, 11) is 0. The van der Waals surface area contributed by atoms with Gasteiger partial charge in [0.05, 0.1) is 0 Å². The molecule has 15 heavy (non-hydrogen) atoms. The maximum atomic E-state index is 13.5. The highest BCUT2D eigenvalue weighted by Crippen LogP contribution is 2.36. The van der Waals surface area contributed by atoms with Gasteiger partial charge >= 0.3 is 0 Å². The van der Waals surface area contributed by atoms with E-state index in [4.69, 9.17) is 5.73 Å². The van der Waals surface area contributed by atoms with Gasteiger partial charge in [-0.15, -0.1) is 0 Å². The smallest absolute Gasteiger partial charge is 0.107 e. The zero-order chi connectivity index (χ0) is 11.6. The highest BCUT2D eigenvalue weighted by atomic mass is 19.1. The van der Waals surface area contributed by atoms with Gasteiger partial charge in [-0.05, 0) is 45.6 Å². The molecule has 0 saturated heterocycles. The number of rotatable bonds is 4. The van der Waals surface area contributed by atoms with Gasteiger partial charge in [-0.1, -0.05) is 18.6 Å². The third-order valence-corrected chi connectivity index (χ3v) is 3.11. The fourth-order valence-electron chi connectivity index (χ4n) is 2.12. The minimum Gasteiger partial charge on any atom is -0.326 e. The molecular formula is C13H22FN. The van der Waals surface area contributed by atoms with Crippen molar-refractivity contribution in [3.63, 3.8) is 0 Å². The Bertz CT molecular complexity index is 265. The highest BCUT2D eigenvalue weighted by Gasteiger charge is 2.27. The van der Waals surface area contributed by atoms with Crippen molar-refractivity contribution in [2.75, 3.05) is 0 Å². The Morgan fingerprint density at radius 2 is 2.07 bits per heavy atom. The van der Waals surface area contributed by atoms with Crippen LogP contribution in [0.4, 0.5) is 4.39 Å². The monoisotopic (exact) mass is 211 g/mol. The molecule has 2 heteroatoms. The SMILES string of the molecule is CC1=CC=C(F)C1C(C)CCC(C)(C)N. The summed E-state index contributed by atoms with van der Waals surface area (Å²) in [4.78, 5) is 0. The number of nitrogens with two attached hydrogens (primary N) is 1. The first-order chi connectivity index (χ1) is 6.81. The average molecular weight is 211 g/mol. The molecular weight excluding hydrogens is 189 g/mol. The summed E-state index contributed by atoms with van der Waals surface area (Å²) in [6.45, 7) is 8.14. The normalized spacial score (nSPS) is 23.7. The first-order valence-electron chi connectivity index (χ1n) is 5.64. The molecule has 0 spiro atoms. The molecule has 0 amide bonds. The molecule has 0 heterocycles. The molecule has 1 aliphatic carbocycles. The second-order valence-electron chi connectivity index (χ2n) is 5.44. The highest BCUT2D eigenvalue weighted by molar-refractivity contribution is 5.30. The Labute approximate surface area is 92.2 Å². The second-order valence-corrected chi connectivity index (χ2v) is 5.44. The van der Waals surface area contributed by atoms with Crippen molar-refractivity contribution in [3.8, 4) is 0 Å². The number of allylic oxidation sites excluding steroid dienone is 4. The summed E-state index contributed by atoms with van der Waals surface area (Å²) in [5.74, 6) is 0.338. The third kappa shape index (κ3) is 3.45. The minimum atomic E-state index is -0.148. The Morgan fingerprint density at radius 1 is 1.47 bits per heavy atom. The zero-order valence-electron chi connectivity index (χ0n) is 10.2. The Hall–Kier alpha value is -0.630. The van der Waals surface area contributed by atoms with E-state index in [1.165, 1.54) is 0 Å². The summed E-state index contributed by atoms with van der Waals surface area (Å²) < 4.78 is 13.5. The van der Waals surface area contributed by atoms with Gasteiger partial charge in [0.2, 0.25) is 0 Å². The standard InChI is InChI=1S/C13H22FN/c1-9-5-6-11(14)12(9)10(2)7-8-13(3,4)15/h5-6,10,12H,7-8,15H2,1-4H3. The van der Waals surface area contributed by atoms with Crippen LogP contribution >= 0.6 is 0 Å².